The molecule has 142 valence electrons. The van der Waals surface area contributed by atoms with Gasteiger partial charge in [0.15, 0.2) is 0 Å². The molecule has 27 heavy (non-hydrogen) atoms. The number of rotatable bonds is 3. The number of benzene rings is 2. The first-order chi connectivity index (χ1) is 13.1. The van der Waals surface area contributed by atoms with Gasteiger partial charge in [-0.05, 0) is 43.2 Å². The molecule has 4 rings (SSSR count). The van der Waals surface area contributed by atoms with Crippen LogP contribution in [0.5, 0.6) is 0 Å². The first-order valence-electron chi connectivity index (χ1n) is 9.47. The number of nitrogens with one attached hydrogen (secondary N) is 2. The van der Waals surface area contributed by atoms with E-state index in [0.717, 1.165) is 31.7 Å². The van der Waals surface area contributed by atoms with E-state index in [1.807, 2.05) is 4.90 Å². The van der Waals surface area contributed by atoms with Crippen LogP contribution in [0.3, 0.4) is 0 Å². The SMILES string of the molecule is Cc1ccc(N2CCN(C(=O)C3CC(c4ccc(F)cc4)NN3)CC2)cc1. The van der Waals surface area contributed by atoms with Crippen molar-refractivity contribution in [1.29, 1.82) is 0 Å². The van der Waals surface area contributed by atoms with Gasteiger partial charge in [0.1, 0.15) is 11.9 Å². The van der Waals surface area contributed by atoms with Crippen LogP contribution in [-0.2, 0) is 4.79 Å². The Morgan fingerprint density at radius 1 is 0.963 bits per heavy atom. The number of aryl methyl sites for hydroxylation is 1. The van der Waals surface area contributed by atoms with Gasteiger partial charge in [-0.25, -0.2) is 15.2 Å². The van der Waals surface area contributed by atoms with Gasteiger partial charge in [0.05, 0.1) is 0 Å². The molecule has 2 aliphatic heterocycles. The van der Waals surface area contributed by atoms with Crippen molar-refractivity contribution in [3.05, 3.63) is 65.5 Å². The second kappa shape index (κ2) is 7.66. The second-order valence-electron chi connectivity index (χ2n) is 7.33. The molecule has 2 aliphatic rings. The van der Waals surface area contributed by atoms with Gasteiger partial charge < -0.3 is 9.80 Å². The minimum atomic E-state index is -0.246. The summed E-state index contributed by atoms with van der Waals surface area (Å²) in [5.41, 5.74) is 9.74. The van der Waals surface area contributed by atoms with Crippen LogP contribution in [0.25, 0.3) is 0 Å². The van der Waals surface area contributed by atoms with E-state index in [-0.39, 0.29) is 23.8 Å². The largest absolute Gasteiger partial charge is 0.368 e. The van der Waals surface area contributed by atoms with Gasteiger partial charge in [-0.3, -0.25) is 4.79 Å². The van der Waals surface area contributed by atoms with E-state index in [0.29, 0.717) is 6.42 Å². The lowest BCUT2D eigenvalue weighted by Gasteiger charge is -2.37. The molecule has 0 bridgehead atoms. The summed E-state index contributed by atoms with van der Waals surface area (Å²) in [6, 6.07) is 14.7. The lowest BCUT2D eigenvalue weighted by atomic mass is 10.0. The lowest BCUT2D eigenvalue weighted by molar-refractivity contribution is -0.133. The van der Waals surface area contributed by atoms with Gasteiger partial charge in [0.2, 0.25) is 5.91 Å². The zero-order valence-corrected chi connectivity index (χ0v) is 15.5. The summed E-state index contributed by atoms with van der Waals surface area (Å²) in [7, 11) is 0. The molecular weight excluding hydrogens is 343 g/mol. The molecule has 0 radical (unpaired) electrons. The predicted octanol–water partition coefficient (Wildman–Crippen LogP) is 2.39. The summed E-state index contributed by atoms with van der Waals surface area (Å²) in [4.78, 5) is 17.1. The molecule has 2 aromatic carbocycles. The van der Waals surface area contributed by atoms with Gasteiger partial charge in [-0.15, -0.1) is 0 Å². The number of amides is 1. The molecule has 2 atom stereocenters. The zero-order chi connectivity index (χ0) is 18.8. The second-order valence-corrected chi connectivity index (χ2v) is 7.33. The molecule has 0 aliphatic carbocycles. The number of hydrogen-bond acceptors (Lipinski definition) is 4. The number of hydrazine groups is 1. The third kappa shape index (κ3) is 3.96. The van der Waals surface area contributed by atoms with E-state index in [4.69, 9.17) is 0 Å². The summed E-state index contributed by atoms with van der Waals surface area (Å²) in [6.07, 6.45) is 0.669. The zero-order valence-electron chi connectivity index (χ0n) is 15.5. The fourth-order valence-electron chi connectivity index (χ4n) is 3.79. The van der Waals surface area contributed by atoms with Crippen LogP contribution in [0.1, 0.15) is 23.6 Å². The molecule has 6 heteroatoms. The Bertz CT molecular complexity index is 785. The van der Waals surface area contributed by atoms with Crippen LogP contribution in [0.4, 0.5) is 10.1 Å². The van der Waals surface area contributed by atoms with Crippen molar-refractivity contribution in [2.75, 3.05) is 31.1 Å². The van der Waals surface area contributed by atoms with Crippen molar-refractivity contribution in [2.24, 2.45) is 0 Å². The van der Waals surface area contributed by atoms with Crippen LogP contribution in [0.15, 0.2) is 48.5 Å². The van der Waals surface area contributed by atoms with E-state index < -0.39 is 0 Å². The topological polar surface area (TPSA) is 47.6 Å². The minimum Gasteiger partial charge on any atom is -0.368 e. The maximum absolute atomic E-state index is 13.1. The molecule has 2 heterocycles. The van der Waals surface area contributed by atoms with Crippen LogP contribution in [-0.4, -0.2) is 43.0 Å². The van der Waals surface area contributed by atoms with E-state index in [9.17, 15) is 9.18 Å². The number of piperazine rings is 1. The molecule has 0 saturated carbocycles. The highest BCUT2D eigenvalue weighted by Gasteiger charge is 2.34. The van der Waals surface area contributed by atoms with E-state index >= 15 is 0 Å². The minimum absolute atomic E-state index is 0.0217. The van der Waals surface area contributed by atoms with Gasteiger partial charge in [-0.2, -0.15) is 0 Å². The Labute approximate surface area is 159 Å². The summed E-state index contributed by atoms with van der Waals surface area (Å²) >= 11 is 0. The summed E-state index contributed by atoms with van der Waals surface area (Å²) in [6.45, 7) is 5.23. The van der Waals surface area contributed by atoms with Crippen molar-refractivity contribution in [2.45, 2.75) is 25.4 Å². The Hall–Kier alpha value is -2.44. The highest BCUT2D eigenvalue weighted by Crippen LogP contribution is 2.24. The number of nitrogens with zero attached hydrogens (tertiary/aromatic N) is 2. The molecule has 2 fully saturated rings. The smallest absolute Gasteiger partial charge is 0.241 e. The van der Waals surface area contributed by atoms with Crippen molar-refractivity contribution in [3.8, 4) is 0 Å². The monoisotopic (exact) mass is 368 g/mol. The number of hydrogen-bond donors (Lipinski definition) is 2. The molecule has 0 aromatic heterocycles. The lowest BCUT2D eigenvalue weighted by Crippen LogP contribution is -2.53. The fourth-order valence-corrected chi connectivity index (χ4v) is 3.79. The fraction of sp³-hybridized carbons (Fsp3) is 0.381. The molecule has 5 nitrogen and oxygen atoms in total. The Morgan fingerprint density at radius 3 is 2.30 bits per heavy atom. The Kier molecular flexibility index (Phi) is 5.09. The van der Waals surface area contributed by atoms with Gasteiger partial charge in [-0.1, -0.05) is 29.8 Å². The van der Waals surface area contributed by atoms with Crippen LogP contribution < -0.4 is 15.8 Å². The first kappa shape index (κ1) is 17.9. The molecule has 2 aromatic rings. The maximum atomic E-state index is 13.1. The van der Waals surface area contributed by atoms with Gasteiger partial charge >= 0.3 is 0 Å². The number of carbonyl (C=O) groups is 1. The quantitative estimate of drug-likeness (QED) is 0.873. The van der Waals surface area contributed by atoms with E-state index in [1.54, 1.807) is 12.1 Å². The van der Waals surface area contributed by atoms with Crippen molar-refractivity contribution in [3.63, 3.8) is 0 Å². The maximum Gasteiger partial charge on any atom is 0.241 e. The number of anilines is 1. The molecule has 2 unspecified atom stereocenters. The van der Waals surface area contributed by atoms with Gasteiger partial charge in [0.25, 0.3) is 0 Å². The highest BCUT2D eigenvalue weighted by molar-refractivity contribution is 5.82. The van der Waals surface area contributed by atoms with Crippen molar-refractivity contribution < 1.29 is 9.18 Å². The van der Waals surface area contributed by atoms with Crippen LogP contribution in [0.2, 0.25) is 0 Å². The Balaban J connectivity index is 1.32. The number of halogens is 1. The third-order valence-electron chi connectivity index (χ3n) is 5.46. The molecular formula is C21H25FN4O. The van der Waals surface area contributed by atoms with Crippen molar-refractivity contribution >= 4 is 11.6 Å². The average Bonchev–Trinajstić information content (AvgIpc) is 3.19. The van der Waals surface area contributed by atoms with Crippen LogP contribution >= 0.6 is 0 Å². The normalized spacial score (nSPS) is 22.9. The third-order valence-corrected chi connectivity index (χ3v) is 5.46. The molecule has 0 spiro atoms. The molecule has 2 saturated heterocycles. The van der Waals surface area contributed by atoms with Crippen molar-refractivity contribution in [1.82, 2.24) is 15.8 Å². The van der Waals surface area contributed by atoms with E-state index in [1.165, 1.54) is 23.4 Å². The average molecular weight is 368 g/mol. The number of carbonyl (C=O) groups excluding carboxylic acids is 1. The summed E-state index contributed by atoms with van der Waals surface area (Å²) < 4.78 is 13.1. The molecule has 1 amide bonds. The summed E-state index contributed by atoms with van der Waals surface area (Å²) in [5.74, 6) is -0.112. The van der Waals surface area contributed by atoms with E-state index in [2.05, 4.69) is 46.9 Å². The Morgan fingerprint density at radius 2 is 1.63 bits per heavy atom. The standard InChI is InChI=1S/C21H25FN4O/c1-15-2-8-18(9-3-15)25-10-12-26(13-11-25)21(27)20-14-19(23-24-20)16-4-6-17(22)7-5-16/h2-9,19-20,23-24H,10-14H2,1H3. The first-order valence-corrected chi connectivity index (χ1v) is 9.47. The van der Waals surface area contributed by atoms with Crippen LogP contribution in [0, 0.1) is 12.7 Å². The summed E-state index contributed by atoms with van der Waals surface area (Å²) in [5, 5.41) is 0. The van der Waals surface area contributed by atoms with Gasteiger partial charge in [0, 0.05) is 37.9 Å². The highest BCUT2D eigenvalue weighted by atomic mass is 19.1. The predicted molar refractivity (Wildman–Crippen MR) is 104 cm³/mol. The molecule has 2 N–H and O–H groups in total.